The van der Waals surface area contributed by atoms with Crippen molar-refractivity contribution in [3.05, 3.63) is 57.6 Å². The van der Waals surface area contributed by atoms with E-state index in [2.05, 4.69) is 38.0 Å². The number of carbonyl (C=O) groups is 1. The number of aryl methyl sites for hydroxylation is 1. The van der Waals surface area contributed by atoms with Crippen molar-refractivity contribution in [1.29, 1.82) is 0 Å². The van der Waals surface area contributed by atoms with E-state index in [0.29, 0.717) is 12.8 Å². The molecule has 0 radical (unpaired) electrons. The Morgan fingerprint density at radius 2 is 1.85 bits per heavy atom. The fraction of sp³-hybridized carbons (Fsp3) is 0.312. The third-order valence-electron chi connectivity index (χ3n) is 3.56. The number of halogens is 1. The first kappa shape index (κ1) is 13.4. The average Bonchev–Trinajstić information content (AvgIpc) is 2.63. The van der Waals surface area contributed by atoms with Crippen LogP contribution in [0.2, 0.25) is 0 Å². The van der Waals surface area contributed by atoms with E-state index >= 15 is 0 Å². The topological polar surface area (TPSA) is 42.9 Å². The molecule has 1 aromatic heterocycles. The van der Waals surface area contributed by atoms with Crippen molar-refractivity contribution in [2.75, 3.05) is 0 Å². The lowest BCUT2D eigenvalue weighted by molar-refractivity contribution is 0.0981. The molecule has 1 aromatic carbocycles. The van der Waals surface area contributed by atoms with Crippen molar-refractivity contribution >= 4 is 21.7 Å². The zero-order chi connectivity index (χ0) is 13.9. The minimum atomic E-state index is 0.188. The summed E-state index contributed by atoms with van der Waals surface area (Å²) in [6, 6.07) is 8.15. The Kier molecular flexibility index (Phi) is 3.92. The predicted octanol–water partition coefficient (Wildman–Crippen LogP) is 3.74. The highest BCUT2D eigenvalue weighted by atomic mass is 79.9. The van der Waals surface area contributed by atoms with Gasteiger partial charge < -0.3 is 0 Å². The van der Waals surface area contributed by atoms with Gasteiger partial charge in [0.15, 0.2) is 5.78 Å². The summed E-state index contributed by atoms with van der Waals surface area (Å²) < 4.78 is 1.06. The molecule has 1 aliphatic carbocycles. The van der Waals surface area contributed by atoms with Gasteiger partial charge in [-0.15, -0.1) is 0 Å². The summed E-state index contributed by atoms with van der Waals surface area (Å²) in [4.78, 5) is 20.9. The van der Waals surface area contributed by atoms with Gasteiger partial charge in [-0.05, 0) is 37.0 Å². The molecule has 4 heteroatoms. The average molecular weight is 331 g/mol. The molecular weight excluding hydrogens is 316 g/mol. The Balaban J connectivity index is 1.86. The van der Waals surface area contributed by atoms with E-state index in [1.807, 2.05) is 12.1 Å². The first-order chi connectivity index (χ1) is 9.72. The van der Waals surface area contributed by atoms with Gasteiger partial charge in [0.05, 0.1) is 11.3 Å². The molecular formula is C16H15BrN2O. The van der Waals surface area contributed by atoms with Crippen molar-refractivity contribution in [3.8, 4) is 0 Å². The molecule has 0 N–H and O–H groups in total. The highest BCUT2D eigenvalue weighted by Gasteiger charge is 2.17. The summed E-state index contributed by atoms with van der Waals surface area (Å²) in [6.07, 6.45) is 5.92. The van der Waals surface area contributed by atoms with E-state index in [1.54, 1.807) is 6.20 Å². The summed E-state index contributed by atoms with van der Waals surface area (Å²) in [5, 5.41) is 0. The van der Waals surface area contributed by atoms with Crippen LogP contribution in [0.5, 0.6) is 0 Å². The van der Waals surface area contributed by atoms with Crippen LogP contribution in [-0.4, -0.2) is 15.8 Å². The normalized spacial score (nSPS) is 14.8. The number of rotatable bonds is 2. The molecule has 0 saturated heterocycles. The second-order valence-corrected chi connectivity index (χ2v) is 6.00. The van der Waals surface area contributed by atoms with Gasteiger partial charge in [0, 0.05) is 23.5 Å². The van der Waals surface area contributed by atoms with Gasteiger partial charge in [-0.2, -0.15) is 0 Å². The molecule has 102 valence electrons. The SMILES string of the molecule is O=C1CCCCc2nc(Cc3ccc(Br)cc3)ncc21. The lowest BCUT2D eigenvalue weighted by Crippen LogP contribution is -2.07. The van der Waals surface area contributed by atoms with Crippen LogP contribution in [0.25, 0.3) is 0 Å². The van der Waals surface area contributed by atoms with Gasteiger partial charge in [0.1, 0.15) is 5.82 Å². The fourth-order valence-electron chi connectivity index (χ4n) is 2.46. The van der Waals surface area contributed by atoms with E-state index in [4.69, 9.17) is 0 Å². The molecule has 0 saturated carbocycles. The molecule has 0 fully saturated rings. The van der Waals surface area contributed by atoms with Crippen molar-refractivity contribution in [3.63, 3.8) is 0 Å². The minimum absolute atomic E-state index is 0.188. The predicted molar refractivity (Wildman–Crippen MR) is 80.9 cm³/mol. The monoisotopic (exact) mass is 330 g/mol. The molecule has 0 spiro atoms. The highest BCUT2D eigenvalue weighted by Crippen LogP contribution is 2.19. The Labute approximate surface area is 126 Å². The fourth-order valence-corrected chi connectivity index (χ4v) is 2.73. The lowest BCUT2D eigenvalue weighted by Gasteiger charge is -2.06. The third-order valence-corrected chi connectivity index (χ3v) is 4.09. The van der Waals surface area contributed by atoms with Crippen LogP contribution in [0.3, 0.4) is 0 Å². The summed E-state index contributed by atoms with van der Waals surface area (Å²) in [5.74, 6) is 0.980. The van der Waals surface area contributed by atoms with Gasteiger partial charge in [-0.3, -0.25) is 4.79 Å². The summed E-state index contributed by atoms with van der Waals surface area (Å²) in [6.45, 7) is 0. The molecule has 0 amide bonds. The number of hydrogen-bond donors (Lipinski definition) is 0. The largest absolute Gasteiger partial charge is 0.294 e. The number of fused-ring (bicyclic) bond motifs is 1. The van der Waals surface area contributed by atoms with Crippen molar-refractivity contribution in [1.82, 2.24) is 9.97 Å². The van der Waals surface area contributed by atoms with E-state index in [1.165, 1.54) is 5.56 Å². The van der Waals surface area contributed by atoms with Crippen LogP contribution in [0.15, 0.2) is 34.9 Å². The molecule has 0 bridgehead atoms. The second-order valence-electron chi connectivity index (χ2n) is 5.08. The van der Waals surface area contributed by atoms with E-state index < -0.39 is 0 Å². The van der Waals surface area contributed by atoms with Gasteiger partial charge >= 0.3 is 0 Å². The molecule has 3 nitrogen and oxygen atoms in total. The Morgan fingerprint density at radius 3 is 2.65 bits per heavy atom. The molecule has 2 aromatic rings. The third kappa shape index (κ3) is 2.96. The maximum Gasteiger partial charge on any atom is 0.166 e. The summed E-state index contributed by atoms with van der Waals surface area (Å²) >= 11 is 3.43. The summed E-state index contributed by atoms with van der Waals surface area (Å²) in [5.41, 5.74) is 2.82. The molecule has 0 atom stereocenters. The quantitative estimate of drug-likeness (QED) is 0.788. The van der Waals surface area contributed by atoms with E-state index in [0.717, 1.165) is 40.8 Å². The smallest absolute Gasteiger partial charge is 0.166 e. The van der Waals surface area contributed by atoms with Gasteiger partial charge in [0.2, 0.25) is 0 Å². The second kappa shape index (κ2) is 5.83. The molecule has 3 rings (SSSR count). The first-order valence-corrected chi connectivity index (χ1v) is 7.64. The lowest BCUT2D eigenvalue weighted by atomic mass is 10.1. The zero-order valence-electron chi connectivity index (χ0n) is 11.1. The maximum atomic E-state index is 11.9. The molecule has 20 heavy (non-hydrogen) atoms. The van der Waals surface area contributed by atoms with Crippen LogP contribution < -0.4 is 0 Å². The number of benzene rings is 1. The Morgan fingerprint density at radius 1 is 1.10 bits per heavy atom. The van der Waals surface area contributed by atoms with Crippen molar-refractivity contribution in [2.45, 2.75) is 32.1 Å². The minimum Gasteiger partial charge on any atom is -0.294 e. The maximum absolute atomic E-state index is 11.9. The summed E-state index contributed by atoms with van der Waals surface area (Å²) in [7, 11) is 0. The highest BCUT2D eigenvalue weighted by molar-refractivity contribution is 9.10. The number of Topliss-reactive ketones (excluding diaryl/α,β-unsaturated/α-hetero) is 1. The molecule has 0 unspecified atom stereocenters. The van der Waals surface area contributed by atoms with Crippen LogP contribution in [0, 0.1) is 0 Å². The van der Waals surface area contributed by atoms with Gasteiger partial charge in [-0.25, -0.2) is 9.97 Å². The van der Waals surface area contributed by atoms with E-state index in [-0.39, 0.29) is 5.78 Å². The van der Waals surface area contributed by atoms with Gasteiger partial charge in [-0.1, -0.05) is 28.1 Å². The molecule has 1 aliphatic rings. The first-order valence-electron chi connectivity index (χ1n) is 6.85. The van der Waals surface area contributed by atoms with Crippen molar-refractivity contribution < 1.29 is 4.79 Å². The Bertz CT molecular complexity index is 637. The molecule has 0 aliphatic heterocycles. The van der Waals surface area contributed by atoms with Crippen molar-refractivity contribution in [2.24, 2.45) is 0 Å². The standard InChI is InChI=1S/C16H15BrN2O/c17-12-7-5-11(6-8-12)9-16-18-10-13-14(19-16)3-1-2-4-15(13)20/h5-8,10H,1-4,9H2. The van der Waals surface area contributed by atoms with E-state index in [9.17, 15) is 4.79 Å². The van der Waals surface area contributed by atoms with Crippen LogP contribution >= 0.6 is 15.9 Å². The number of ketones is 1. The number of aromatic nitrogens is 2. The number of carbonyl (C=O) groups excluding carboxylic acids is 1. The number of nitrogens with zero attached hydrogens (tertiary/aromatic N) is 2. The molecule has 1 heterocycles. The zero-order valence-corrected chi connectivity index (χ0v) is 12.7. The Hall–Kier alpha value is -1.55. The number of hydrogen-bond acceptors (Lipinski definition) is 3. The van der Waals surface area contributed by atoms with Crippen LogP contribution in [-0.2, 0) is 12.8 Å². The van der Waals surface area contributed by atoms with Crippen LogP contribution in [0.1, 0.15) is 46.7 Å². The van der Waals surface area contributed by atoms with Crippen LogP contribution in [0.4, 0.5) is 0 Å². The van der Waals surface area contributed by atoms with Gasteiger partial charge in [0.25, 0.3) is 0 Å².